The van der Waals surface area contributed by atoms with E-state index in [9.17, 15) is 4.79 Å². The Balaban J connectivity index is 2.57. The monoisotopic (exact) mass is 210 g/mol. The zero-order chi connectivity index (χ0) is 11.3. The molecule has 1 heterocycles. The first-order valence-electron chi connectivity index (χ1n) is 4.60. The maximum Gasteiger partial charge on any atom is 0.374 e. The smallest absolute Gasteiger partial charge is 0.374 e. The second-order valence-corrected chi connectivity index (χ2v) is 3.17. The van der Waals surface area contributed by atoms with Gasteiger partial charge in [-0.1, -0.05) is 0 Å². The van der Waals surface area contributed by atoms with Gasteiger partial charge in [-0.05, 0) is 19.9 Å². The number of esters is 1. The molecule has 0 aromatic carbocycles. The van der Waals surface area contributed by atoms with Crippen LogP contribution in [0.1, 0.15) is 24.4 Å². The predicted octanol–water partition coefficient (Wildman–Crippen LogP) is 1.91. The molecule has 0 aliphatic heterocycles. The molecule has 5 nitrogen and oxygen atoms in total. The van der Waals surface area contributed by atoms with Crippen LogP contribution in [0, 0.1) is 0 Å². The lowest BCUT2D eigenvalue weighted by atomic mass is 10.4. The molecule has 0 atom stereocenters. The number of carbonyl (C=O) groups excluding carboxylic acids is 1. The molecule has 0 saturated carbocycles. The molecule has 1 aromatic heterocycles. The molecule has 0 radical (unpaired) electrons. The number of nitrogens with one attached hydrogen (secondary N) is 1. The van der Waals surface area contributed by atoms with E-state index in [1.807, 2.05) is 13.8 Å². The van der Waals surface area contributed by atoms with Crippen molar-refractivity contribution in [1.29, 1.82) is 0 Å². The second kappa shape index (κ2) is 5.19. The molecule has 1 rings (SSSR count). The molecule has 0 unspecified atom stereocenters. The molecule has 1 N–H and O–H groups in total. The van der Waals surface area contributed by atoms with Crippen LogP contribution in [0.25, 0.3) is 0 Å². The van der Waals surface area contributed by atoms with Crippen LogP contribution in [0.5, 0.6) is 0 Å². The molecule has 82 valence electrons. The third-order valence-electron chi connectivity index (χ3n) is 1.57. The first-order chi connectivity index (χ1) is 7.13. The number of ether oxygens (including phenoxy) is 1. The lowest BCUT2D eigenvalue weighted by Gasteiger charge is -1.96. The Labute approximate surface area is 88.1 Å². The number of anilines is 1. The fourth-order valence-electron chi connectivity index (χ4n) is 0.876. The molecule has 1 aromatic rings. The van der Waals surface area contributed by atoms with Crippen LogP contribution in [0.4, 0.5) is 5.88 Å². The topological polar surface area (TPSA) is 63.8 Å². The number of methoxy groups -OCH3 is 1. The van der Waals surface area contributed by atoms with Crippen molar-refractivity contribution in [3.63, 3.8) is 0 Å². The van der Waals surface area contributed by atoms with Crippen LogP contribution in [-0.4, -0.2) is 25.5 Å². The minimum Gasteiger partial charge on any atom is -0.463 e. The SMILES string of the molecule is COC(=O)c1ccc(NC=NC(C)C)o1. The Bertz CT molecular complexity index is 355. The van der Waals surface area contributed by atoms with E-state index in [4.69, 9.17) is 4.42 Å². The summed E-state index contributed by atoms with van der Waals surface area (Å²) in [5.41, 5.74) is 0. The lowest BCUT2D eigenvalue weighted by molar-refractivity contribution is 0.0566. The van der Waals surface area contributed by atoms with Crippen LogP contribution < -0.4 is 5.32 Å². The molecule has 0 aliphatic carbocycles. The van der Waals surface area contributed by atoms with Gasteiger partial charge in [0.15, 0.2) is 5.88 Å². The third kappa shape index (κ3) is 3.46. The summed E-state index contributed by atoms with van der Waals surface area (Å²) in [5.74, 6) is 0.126. The third-order valence-corrected chi connectivity index (χ3v) is 1.57. The first kappa shape index (κ1) is 11.3. The van der Waals surface area contributed by atoms with Crippen molar-refractivity contribution >= 4 is 18.2 Å². The second-order valence-electron chi connectivity index (χ2n) is 3.17. The Morgan fingerprint density at radius 3 is 2.93 bits per heavy atom. The van der Waals surface area contributed by atoms with Crippen molar-refractivity contribution in [3.8, 4) is 0 Å². The minimum atomic E-state index is -0.496. The maximum absolute atomic E-state index is 11.0. The van der Waals surface area contributed by atoms with Crippen LogP contribution in [0.2, 0.25) is 0 Å². The number of furan rings is 1. The molecule has 0 spiro atoms. The van der Waals surface area contributed by atoms with Crippen LogP contribution in [0.3, 0.4) is 0 Å². The Kier molecular flexibility index (Phi) is 3.91. The highest BCUT2D eigenvalue weighted by Crippen LogP contribution is 2.13. The van der Waals surface area contributed by atoms with Crippen molar-refractivity contribution in [3.05, 3.63) is 17.9 Å². The normalized spacial score (nSPS) is 10.9. The highest BCUT2D eigenvalue weighted by Gasteiger charge is 2.09. The fourth-order valence-corrected chi connectivity index (χ4v) is 0.876. The van der Waals surface area contributed by atoms with Crippen molar-refractivity contribution < 1.29 is 13.9 Å². The number of nitrogens with zero attached hydrogens (tertiary/aromatic N) is 1. The van der Waals surface area contributed by atoms with Gasteiger partial charge in [0.25, 0.3) is 0 Å². The van der Waals surface area contributed by atoms with Gasteiger partial charge in [0.2, 0.25) is 5.76 Å². The van der Waals surface area contributed by atoms with Crippen molar-refractivity contribution in [1.82, 2.24) is 0 Å². The van der Waals surface area contributed by atoms with E-state index in [-0.39, 0.29) is 11.8 Å². The molecule has 0 aliphatic rings. The van der Waals surface area contributed by atoms with Crippen LogP contribution in [0.15, 0.2) is 21.5 Å². The van der Waals surface area contributed by atoms with Gasteiger partial charge in [0, 0.05) is 12.1 Å². The van der Waals surface area contributed by atoms with Gasteiger partial charge in [-0.3, -0.25) is 4.99 Å². The van der Waals surface area contributed by atoms with Gasteiger partial charge in [0.1, 0.15) is 0 Å². The Morgan fingerprint density at radius 2 is 2.33 bits per heavy atom. The lowest BCUT2D eigenvalue weighted by Crippen LogP contribution is -1.99. The van der Waals surface area contributed by atoms with E-state index in [1.54, 1.807) is 6.07 Å². The molecule has 0 saturated heterocycles. The summed E-state index contributed by atoms with van der Waals surface area (Å²) in [7, 11) is 1.30. The van der Waals surface area contributed by atoms with E-state index in [1.165, 1.54) is 19.5 Å². The summed E-state index contributed by atoms with van der Waals surface area (Å²) in [6.45, 7) is 3.92. The molecule has 0 bridgehead atoms. The van der Waals surface area contributed by atoms with E-state index < -0.39 is 5.97 Å². The van der Waals surface area contributed by atoms with E-state index >= 15 is 0 Å². The van der Waals surface area contributed by atoms with Gasteiger partial charge in [-0.2, -0.15) is 0 Å². The summed E-state index contributed by atoms with van der Waals surface area (Å²) in [6.07, 6.45) is 1.53. The summed E-state index contributed by atoms with van der Waals surface area (Å²) in [4.78, 5) is 15.1. The quantitative estimate of drug-likeness (QED) is 0.468. The van der Waals surface area contributed by atoms with Gasteiger partial charge in [-0.25, -0.2) is 4.79 Å². The zero-order valence-electron chi connectivity index (χ0n) is 8.98. The summed E-state index contributed by atoms with van der Waals surface area (Å²) in [6, 6.07) is 3.39. The number of aliphatic imine (C=N–C) groups is 1. The molecule has 0 amide bonds. The largest absolute Gasteiger partial charge is 0.463 e. The Hall–Kier alpha value is -1.78. The molecular weight excluding hydrogens is 196 g/mol. The summed E-state index contributed by atoms with van der Waals surface area (Å²) < 4.78 is 9.64. The van der Waals surface area contributed by atoms with Crippen molar-refractivity contribution in [2.75, 3.05) is 12.4 Å². The van der Waals surface area contributed by atoms with Crippen molar-refractivity contribution in [2.45, 2.75) is 19.9 Å². The van der Waals surface area contributed by atoms with Gasteiger partial charge < -0.3 is 14.5 Å². The number of carbonyl (C=O) groups is 1. The average molecular weight is 210 g/mol. The van der Waals surface area contributed by atoms with E-state index in [0.29, 0.717) is 5.88 Å². The minimum absolute atomic E-state index is 0.165. The summed E-state index contributed by atoms with van der Waals surface area (Å²) in [5, 5.41) is 2.81. The van der Waals surface area contributed by atoms with Gasteiger partial charge in [0.05, 0.1) is 13.4 Å². The Morgan fingerprint density at radius 1 is 1.60 bits per heavy atom. The van der Waals surface area contributed by atoms with Gasteiger partial charge >= 0.3 is 5.97 Å². The van der Waals surface area contributed by atoms with Crippen LogP contribution in [-0.2, 0) is 4.74 Å². The number of hydrogen-bond acceptors (Lipinski definition) is 4. The number of rotatable bonds is 4. The standard InChI is InChI=1S/C10H14N2O3/c1-7(2)11-6-12-9-5-4-8(15-9)10(13)14-3/h4-7H,1-3H3,(H,11,12). The maximum atomic E-state index is 11.0. The van der Waals surface area contributed by atoms with E-state index in [0.717, 1.165) is 0 Å². The highest BCUT2D eigenvalue weighted by atomic mass is 16.5. The zero-order valence-corrected chi connectivity index (χ0v) is 8.98. The molecule has 0 fully saturated rings. The average Bonchev–Trinajstić information content (AvgIpc) is 2.65. The van der Waals surface area contributed by atoms with E-state index in [2.05, 4.69) is 15.0 Å². The first-order valence-corrected chi connectivity index (χ1v) is 4.60. The molecule has 15 heavy (non-hydrogen) atoms. The van der Waals surface area contributed by atoms with Crippen molar-refractivity contribution in [2.24, 2.45) is 4.99 Å². The fraction of sp³-hybridized carbons (Fsp3) is 0.400. The highest BCUT2D eigenvalue weighted by molar-refractivity contribution is 5.87. The molecule has 5 heteroatoms. The molecular formula is C10H14N2O3. The number of hydrogen-bond donors (Lipinski definition) is 1. The van der Waals surface area contributed by atoms with Gasteiger partial charge in [-0.15, -0.1) is 0 Å². The predicted molar refractivity (Wildman–Crippen MR) is 57.3 cm³/mol. The van der Waals surface area contributed by atoms with Crippen LogP contribution >= 0.6 is 0 Å². The summed E-state index contributed by atoms with van der Waals surface area (Å²) >= 11 is 0.